The lowest BCUT2D eigenvalue weighted by molar-refractivity contribution is -0.159. The summed E-state index contributed by atoms with van der Waals surface area (Å²) < 4.78 is 34.9. The number of benzene rings is 1. The highest BCUT2D eigenvalue weighted by Gasteiger charge is 2.37. The van der Waals surface area contributed by atoms with E-state index in [0.717, 1.165) is 38.0 Å². The van der Waals surface area contributed by atoms with Crippen LogP contribution in [-0.4, -0.2) is 53.6 Å². The van der Waals surface area contributed by atoms with Gasteiger partial charge in [0, 0.05) is 23.1 Å². The molecule has 2 aliphatic rings. The Morgan fingerprint density at radius 2 is 1.56 bits per heavy atom. The fourth-order valence-corrected chi connectivity index (χ4v) is 6.47. The average molecular weight is 541 g/mol. The van der Waals surface area contributed by atoms with Crippen molar-refractivity contribution in [3.8, 4) is 0 Å². The maximum Gasteiger partial charge on any atom is 0.414 e. The first-order valence-electron chi connectivity index (χ1n) is 12.2. The molecule has 9 nitrogen and oxygen atoms in total. The monoisotopic (exact) mass is 540 g/mol. The van der Waals surface area contributed by atoms with E-state index in [4.69, 9.17) is 35.8 Å². The summed E-state index contributed by atoms with van der Waals surface area (Å²) in [5, 5.41) is 15.3. The average Bonchev–Trinajstić information content (AvgIpc) is 3.37. The highest BCUT2D eigenvalue weighted by molar-refractivity contribution is 7.89. The van der Waals surface area contributed by atoms with Crippen molar-refractivity contribution in [3.63, 3.8) is 0 Å². The van der Waals surface area contributed by atoms with E-state index in [1.807, 2.05) is 12.1 Å². The van der Waals surface area contributed by atoms with Crippen LogP contribution in [0.4, 0.5) is 0 Å². The van der Waals surface area contributed by atoms with Crippen molar-refractivity contribution < 1.29 is 32.6 Å². The molecule has 0 saturated heterocycles. The first-order valence-corrected chi connectivity index (χ1v) is 14.1. The van der Waals surface area contributed by atoms with Gasteiger partial charge < -0.3 is 14.6 Å². The van der Waals surface area contributed by atoms with Gasteiger partial charge in [-0.3, -0.25) is 4.90 Å². The summed E-state index contributed by atoms with van der Waals surface area (Å²) in [5.74, 6) is -2.70. The van der Waals surface area contributed by atoms with Gasteiger partial charge >= 0.3 is 11.9 Å². The van der Waals surface area contributed by atoms with Crippen LogP contribution in [0.1, 0.15) is 63.5 Å². The topological polar surface area (TPSA) is 137 Å². The first kappa shape index (κ1) is 28.2. The Morgan fingerprint density at radius 1 is 0.944 bits per heavy atom. The van der Waals surface area contributed by atoms with E-state index < -0.39 is 22.0 Å². The Hall–Kier alpha value is -2.40. The standard InChI is InChI=1S/C23H31ClN2O3S.C2H2O4/c24-18-12-14-21(15-13-18)30(27,28)25-22-10-4-5-11-23(22)26(17-20-9-6-16-29-20)19-7-2-1-3-8-19;3-1(4)2(5)6/h6,9,12-16,19,22-23,25H,1-5,7-8,10-11,17H2;(H,3,4)(H,5,6). The first-order chi connectivity index (χ1) is 17.2. The molecule has 2 aromatic rings. The number of hydrogen-bond donors (Lipinski definition) is 3. The Morgan fingerprint density at radius 3 is 2.14 bits per heavy atom. The van der Waals surface area contributed by atoms with Crippen molar-refractivity contribution in [2.75, 3.05) is 0 Å². The van der Waals surface area contributed by atoms with E-state index in [0.29, 0.717) is 11.1 Å². The van der Waals surface area contributed by atoms with Crippen LogP contribution in [0.15, 0.2) is 52.0 Å². The number of furan rings is 1. The molecule has 198 valence electrons. The largest absolute Gasteiger partial charge is 0.473 e. The van der Waals surface area contributed by atoms with Crippen LogP contribution in [-0.2, 0) is 26.2 Å². The third-order valence-electron chi connectivity index (χ3n) is 6.73. The lowest BCUT2D eigenvalue weighted by atomic mass is 9.86. The zero-order valence-corrected chi connectivity index (χ0v) is 21.6. The predicted octanol–water partition coefficient (Wildman–Crippen LogP) is 4.51. The maximum atomic E-state index is 13.1. The van der Waals surface area contributed by atoms with E-state index >= 15 is 0 Å². The number of nitrogens with zero attached hydrogens (tertiary/aromatic N) is 1. The summed E-state index contributed by atoms with van der Waals surface area (Å²) in [5.41, 5.74) is 0. The van der Waals surface area contributed by atoms with E-state index in [-0.39, 0.29) is 17.0 Å². The zero-order chi connectivity index (χ0) is 26.1. The van der Waals surface area contributed by atoms with Crippen LogP contribution in [0.25, 0.3) is 0 Å². The summed E-state index contributed by atoms with van der Waals surface area (Å²) in [6.07, 6.45) is 11.9. The fraction of sp³-hybridized carbons (Fsp3) is 0.520. The lowest BCUT2D eigenvalue weighted by Gasteiger charge is -2.45. The van der Waals surface area contributed by atoms with Crippen LogP contribution in [0.2, 0.25) is 5.02 Å². The normalized spacial score (nSPS) is 20.9. The van der Waals surface area contributed by atoms with Crippen molar-refractivity contribution in [2.45, 2.75) is 87.4 Å². The smallest absolute Gasteiger partial charge is 0.414 e. The van der Waals surface area contributed by atoms with Crippen molar-refractivity contribution in [2.24, 2.45) is 0 Å². The molecule has 2 aliphatic carbocycles. The van der Waals surface area contributed by atoms with E-state index in [1.165, 1.54) is 32.1 Å². The van der Waals surface area contributed by atoms with E-state index in [2.05, 4.69) is 9.62 Å². The molecule has 2 fully saturated rings. The number of carboxylic acids is 2. The molecular formula is C25H33ClN2O7S. The second kappa shape index (κ2) is 13.2. The van der Waals surface area contributed by atoms with Gasteiger partial charge in [0.1, 0.15) is 5.76 Å². The number of rotatable bonds is 7. The highest BCUT2D eigenvalue weighted by atomic mass is 35.5. The van der Waals surface area contributed by atoms with Gasteiger partial charge in [-0.05, 0) is 62.1 Å². The van der Waals surface area contributed by atoms with Gasteiger partial charge in [-0.1, -0.05) is 43.7 Å². The summed E-state index contributed by atoms with van der Waals surface area (Å²) in [7, 11) is -3.59. The van der Waals surface area contributed by atoms with Crippen LogP contribution < -0.4 is 4.72 Å². The Labute approximate surface area is 216 Å². The fourth-order valence-electron chi connectivity index (χ4n) is 5.04. The molecule has 0 radical (unpaired) electrons. The molecule has 11 heteroatoms. The predicted molar refractivity (Wildman–Crippen MR) is 134 cm³/mol. The van der Waals surface area contributed by atoms with Gasteiger partial charge in [-0.15, -0.1) is 0 Å². The van der Waals surface area contributed by atoms with Crippen LogP contribution in [0, 0.1) is 0 Å². The highest BCUT2D eigenvalue weighted by Crippen LogP contribution is 2.32. The van der Waals surface area contributed by atoms with Crippen molar-refractivity contribution in [1.29, 1.82) is 0 Å². The minimum absolute atomic E-state index is 0.101. The van der Waals surface area contributed by atoms with Gasteiger partial charge in [0.25, 0.3) is 0 Å². The third-order valence-corrected chi connectivity index (χ3v) is 8.49. The maximum absolute atomic E-state index is 13.1. The van der Waals surface area contributed by atoms with Crippen LogP contribution in [0.3, 0.4) is 0 Å². The molecule has 0 aliphatic heterocycles. The van der Waals surface area contributed by atoms with Crippen molar-refractivity contribution in [1.82, 2.24) is 9.62 Å². The number of nitrogens with one attached hydrogen (secondary N) is 1. The van der Waals surface area contributed by atoms with E-state index in [1.54, 1.807) is 30.5 Å². The number of carbonyl (C=O) groups is 2. The number of carboxylic acid groups (broad SMARTS) is 2. The molecule has 0 bridgehead atoms. The molecule has 2 saturated carbocycles. The Bertz CT molecular complexity index is 1070. The second-order valence-electron chi connectivity index (χ2n) is 9.19. The molecule has 0 spiro atoms. The SMILES string of the molecule is O=C(O)C(=O)O.O=S(=O)(NC1CCCCC1N(Cc1ccco1)C1CCCCC1)c1ccc(Cl)cc1. The molecule has 2 atom stereocenters. The lowest BCUT2D eigenvalue weighted by Crippen LogP contribution is -2.56. The van der Waals surface area contributed by atoms with Crippen molar-refractivity contribution >= 4 is 33.6 Å². The summed E-state index contributed by atoms with van der Waals surface area (Å²) >= 11 is 5.94. The quantitative estimate of drug-likeness (QED) is 0.436. The molecule has 1 heterocycles. The number of halogens is 1. The van der Waals surface area contributed by atoms with Gasteiger partial charge in [0.2, 0.25) is 10.0 Å². The molecule has 1 aromatic heterocycles. The Kier molecular flexibility index (Phi) is 10.4. The number of aliphatic carboxylic acids is 2. The molecule has 0 amide bonds. The van der Waals surface area contributed by atoms with Crippen molar-refractivity contribution in [3.05, 3.63) is 53.4 Å². The molecule has 2 unspecified atom stereocenters. The van der Waals surface area contributed by atoms with E-state index in [9.17, 15) is 8.42 Å². The van der Waals surface area contributed by atoms with Gasteiger partial charge in [-0.2, -0.15) is 0 Å². The third kappa shape index (κ3) is 8.06. The van der Waals surface area contributed by atoms with Gasteiger partial charge in [0.15, 0.2) is 0 Å². The van der Waals surface area contributed by atoms with Crippen LogP contribution >= 0.6 is 11.6 Å². The molecule has 36 heavy (non-hydrogen) atoms. The number of sulfonamides is 1. The van der Waals surface area contributed by atoms with Crippen LogP contribution in [0.5, 0.6) is 0 Å². The molecule has 4 rings (SSSR count). The van der Waals surface area contributed by atoms with Gasteiger partial charge in [-0.25, -0.2) is 22.7 Å². The molecular weight excluding hydrogens is 508 g/mol. The summed E-state index contributed by atoms with van der Waals surface area (Å²) in [4.78, 5) is 21.0. The Balaban J connectivity index is 0.000000538. The summed E-state index contributed by atoms with van der Waals surface area (Å²) in [6.45, 7) is 0.738. The zero-order valence-electron chi connectivity index (χ0n) is 20.0. The van der Waals surface area contributed by atoms with Gasteiger partial charge in [0.05, 0.1) is 17.7 Å². The minimum Gasteiger partial charge on any atom is -0.473 e. The second-order valence-corrected chi connectivity index (χ2v) is 11.3. The molecule has 3 N–H and O–H groups in total. The molecule has 1 aromatic carbocycles. The number of hydrogen-bond acceptors (Lipinski definition) is 6. The minimum atomic E-state index is -3.59. The summed E-state index contributed by atoms with van der Waals surface area (Å²) in [6, 6.07) is 10.9.